The summed E-state index contributed by atoms with van der Waals surface area (Å²) >= 11 is 0. The molecule has 1 saturated heterocycles. The van der Waals surface area contributed by atoms with Crippen molar-refractivity contribution in [3.63, 3.8) is 0 Å². The van der Waals surface area contributed by atoms with Crippen molar-refractivity contribution < 1.29 is 14.3 Å². The van der Waals surface area contributed by atoms with Crippen molar-refractivity contribution in [2.75, 3.05) is 25.2 Å². The molecule has 0 unspecified atom stereocenters. The van der Waals surface area contributed by atoms with Gasteiger partial charge in [0.1, 0.15) is 12.4 Å². The normalized spacial score (nSPS) is 13.8. The van der Waals surface area contributed by atoms with Gasteiger partial charge in [-0.15, -0.1) is 0 Å². The van der Waals surface area contributed by atoms with Crippen LogP contribution in [0, 0.1) is 0 Å². The van der Waals surface area contributed by atoms with Crippen LogP contribution in [0.15, 0.2) is 66.7 Å². The van der Waals surface area contributed by atoms with Gasteiger partial charge in [0.15, 0.2) is 0 Å². The molecule has 1 aliphatic rings. The monoisotopic (exact) mass is 374 g/mol. The third-order valence-electron chi connectivity index (χ3n) is 5.13. The van der Waals surface area contributed by atoms with Crippen molar-refractivity contribution in [3.05, 3.63) is 72.3 Å². The second-order valence-corrected chi connectivity index (χ2v) is 6.86. The highest BCUT2D eigenvalue weighted by Gasteiger charge is 2.27. The smallest absolute Gasteiger partial charge is 0.260 e. The lowest BCUT2D eigenvalue weighted by Crippen LogP contribution is -2.42. The number of ether oxygens (including phenoxy) is 1. The topological polar surface area (TPSA) is 49.9 Å². The molecule has 1 heterocycles. The molecule has 0 N–H and O–H groups in total. The maximum atomic E-state index is 13.6. The number of benzene rings is 3. The average molecular weight is 374 g/mol. The Bertz CT molecular complexity index is 1010. The second-order valence-electron chi connectivity index (χ2n) is 6.86. The van der Waals surface area contributed by atoms with Crippen LogP contribution in [0.2, 0.25) is 0 Å². The second kappa shape index (κ2) is 7.72. The molecule has 0 radical (unpaired) electrons. The van der Waals surface area contributed by atoms with Gasteiger partial charge in [-0.3, -0.25) is 14.5 Å². The first-order chi connectivity index (χ1) is 13.7. The van der Waals surface area contributed by atoms with Crippen molar-refractivity contribution in [2.24, 2.45) is 0 Å². The van der Waals surface area contributed by atoms with Crippen LogP contribution in [0.25, 0.3) is 10.8 Å². The number of anilines is 1. The molecule has 5 heteroatoms. The Morgan fingerprint density at radius 1 is 1.04 bits per heavy atom. The molecule has 2 amide bonds. The number of carbonyl (C=O) groups excluding carboxylic acids is 2. The molecular weight excluding hydrogens is 352 g/mol. The van der Waals surface area contributed by atoms with E-state index in [9.17, 15) is 9.59 Å². The van der Waals surface area contributed by atoms with Gasteiger partial charge in [-0.25, -0.2) is 0 Å². The molecule has 4 rings (SSSR count). The van der Waals surface area contributed by atoms with E-state index in [2.05, 4.69) is 0 Å². The molecule has 3 aromatic carbocycles. The number of hydrogen-bond donors (Lipinski definition) is 0. The Labute approximate surface area is 164 Å². The van der Waals surface area contributed by atoms with Crippen molar-refractivity contribution in [1.82, 2.24) is 4.90 Å². The lowest BCUT2D eigenvalue weighted by Gasteiger charge is -2.28. The van der Waals surface area contributed by atoms with Gasteiger partial charge in [0.25, 0.3) is 5.91 Å². The van der Waals surface area contributed by atoms with E-state index >= 15 is 0 Å². The summed E-state index contributed by atoms with van der Waals surface area (Å²) < 4.78 is 5.23. The molecule has 1 fully saturated rings. The summed E-state index contributed by atoms with van der Waals surface area (Å²) in [4.78, 5) is 29.2. The van der Waals surface area contributed by atoms with Gasteiger partial charge >= 0.3 is 0 Å². The predicted octanol–water partition coefficient (Wildman–Crippen LogP) is 4.08. The van der Waals surface area contributed by atoms with Crippen LogP contribution in [0.3, 0.4) is 0 Å². The molecule has 0 saturated carbocycles. The standard InChI is InChI=1S/C23H22N2O3/c1-28-19-13-11-18(12-14-19)25(16-24-15-5-10-22(24)26)23(27)21-9-4-7-17-6-2-3-8-20(17)21/h2-4,6-9,11-14H,5,10,15-16H2,1H3. The summed E-state index contributed by atoms with van der Waals surface area (Å²) in [5, 5.41) is 1.92. The molecule has 0 bridgehead atoms. The first-order valence-electron chi connectivity index (χ1n) is 9.39. The Morgan fingerprint density at radius 3 is 2.50 bits per heavy atom. The predicted molar refractivity (Wildman–Crippen MR) is 110 cm³/mol. The van der Waals surface area contributed by atoms with Crippen molar-refractivity contribution in [3.8, 4) is 5.75 Å². The Hall–Kier alpha value is -3.34. The largest absolute Gasteiger partial charge is 0.497 e. The molecule has 28 heavy (non-hydrogen) atoms. The number of rotatable bonds is 5. The summed E-state index contributed by atoms with van der Waals surface area (Å²) in [5.41, 5.74) is 1.36. The van der Waals surface area contributed by atoms with Crippen LogP contribution in [-0.2, 0) is 4.79 Å². The molecule has 1 aliphatic heterocycles. The highest BCUT2D eigenvalue weighted by molar-refractivity contribution is 6.14. The minimum Gasteiger partial charge on any atom is -0.497 e. The van der Waals surface area contributed by atoms with Gasteiger partial charge in [-0.2, -0.15) is 0 Å². The molecule has 0 atom stereocenters. The number of hydrogen-bond acceptors (Lipinski definition) is 3. The zero-order valence-electron chi connectivity index (χ0n) is 15.8. The lowest BCUT2D eigenvalue weighted by atomic mass is 10.0. The van der Waals surface area contributed by atoms with E-state index in [-0.39, 0.29) is 18.5 Å². The van der Waals surface area contributed by atoms with Crippen molar-refractivity contribution >= 4 is 28.3 Å². The van der Waals surface area contributed by atoms with Crippen LogP contribution < -0.4 is 9.64 Å². The highest BCUT2D eigenvalue weighted by atomic mass is 16.5. The van der Waals surface area contributed by atoms with Crippen LogP contribution in [-0.4, -0.2) is 37.0 Å². The van der Waals surface area contributed by atoms with E-state index in [1.165, 1.54) is 0 Å². The van der Waals surface area contributed by atoms with Crippen LogP contribution in [0.5, 0.6) is 5.75 Å². The number of methoxy groups -OCH3 is 1. The quantitative estimate of drug-likeness (QED) is 0.676. The van der Waals surface area contributed by atoms with E-state index in [1.54, 1.807) is 16.9 Å². The number of fused-ring (bicyclic) bond motifs is 1. The Balaban J connectivity index is 1.74. The Kier molecular flexibility index (Phi) is 4.98. The van der Waals surface area contributed by atoms with Crippen molar-refractivity contribution in [2.45, 2.75) is 12.8 Å². The van der Waals surface area contributed by atoms with E-state index in [4.69, 9.17) is 4.74 Å². The van der Waals surface area contributed by atoms with Gasteiger partial charge in [0.05, 0.1) is 7.11 Å². The molecule has 142 valence electrons. The van der Waals surface area contributed by atoms with Gasteiger partial charge in [-0.1, -0.05) is 36.4 Å². The minimum absolute atomic E-state index is 0.0873. The molecule has 0 spiro atoms. The van der Waals surface area contributed by atoms with Gasteiger partial charge in [-0.05, 0) is 47.5 Å². The minimum atomic E-state index is -0.123. The summed E-state index contributed by atoms with van der Waals surface area (Å²) in [7, 11) is 1.61. The van der Waals surface area contributed by atoms with Gasteiger partial charge < -0.3 is 9.64 Å². The lowest BCUT2D eigenvalue weighted by molar-refractivity contribution is -0.127. The summed E-state index contributed by atoms with van der Waals surface area (Å²) in [6, 6.07) is 20.9. The van der Waals surface area contributed by atoms with Crippen LogP contribution in [0.4, 0.5) is 5.69 Å². The fourth-order valence-electron chi connectivity index (χ4n) is 3.61. The molecular formula is C23H22N2O3. The fraction of sp³-hybridized carbons (Fsp3) is 0.217. The summed E-state index contributed by atoms with van der Waals surface area (Å²) in [6.07, 6.45) is 1.37. The number of nitrogens with zero attached hydrogens (tertiary/aromatic N) is 2. The fourth-order valence-corrected chi connectivity index (χ4v) is 3.61. The number of carbonyl (C=O) groups is 2. The van der Waals surface area contributed by atoms with Crippen LogP contribution in [0.1, 0.15) is 23.2 Å². The maximum Gasteiger partial charge on any atom is 0.260 e. The van der Waals surface area contributed by atoms with E-state index in [0.29, 0.717) is 18.5 Å². The SMILES string of the molecule is COc1ccc(N(CN2CCCC2=O)C(=O)c2cccc3ccccc23)cc1. The van der Waals surface area contributed by atoms with Gasteiger partial charge in [0, 0.05) is 24.2 Å². The first kappa shape index (κ1) is 18.0. The zero-order valence-corrected chi connectivity index (χ0v) is 15.8. The zero-order chi connectivity index (χ0) is 19.5. The first-order valence-corrected chi connectivity index (χ1v) is 9.39. The van der Waals surface area contributed by atoms with Crippen LogP contribution >= 0.6 is 0 Å². The maximum absolute atomic E-state index is 13.6. The molecule has 5 nitrogen and oxygen atoms in total. The third kappa shape index (κ3) is 3.43. The Morgan fingerprint density at radius 2 is 1.79 bits per heavy atom. The van der Waals surface area contributed by atoms with E-state index in [0.717, 1.165) is 28.6 Å². The highest BCUT2D eigenvalue weighted by Crippen LogP contribution is 2.26. The number of likely N-dealkylation sites (tertiary alicyclic amines) is 1. The van der Waals surface area contributed by atoms with Gasteiger partial charge in [0.2, 0.25) is 5.91 Å². The number of amides is 2. The average Bonchev–Trinajstić information content (AvgIpc) is 3.15. The molecule has 0 aliphatic carbocycles. The summed E-state index contributed by atoms with van der Waals surface area (Å²) in [5.74, 6) is 0.685. The molecule has 3 aromatic rings. The van der Waals surface area contributed by atoms with E-state index < -0.39 is 0 Å². The third-order valence-corrected chi connectivity index (χ3v) is 5.13. The van der Waals surface area contributed by atoms with E-state index in [1.807, 2.05) is 66.7 Å². The summed E-state index contributed by atoms with van der Waals surface area (Å²) in [6.45, 7) is 0.918. The van der Waals surface area contributed by atoms with Crippen molar-refractivity contribution in [1.29, 1.82) is 0 Å². The molecule has 0 aromatic heterocycles.